The second kappa shape index (κ2) is 5.81. The maximum Gasteiger partial charge on any atom is 0.418 e. The zero-order valence-electron chi connectivity index (χ0n) is 10.7. The van der Waals surface area contributed by atoms with Gasteiger partial charge in [-0.25, -0.2) is 0 Å². The average molecular weight is 339 g/mol. The normalized spacial score (nSPS) is 13.0. The topological polar surface area (TPSA) is 32.3 Å². The molecule has 19 heavy (non-hydrogen) atoms. The smallest absolute Gasteiger partial charge is 0.373 e. The third-order valence-electron chi connectivity index (χ3n) is 2.47. The molecule has 0 fully saturated rings. The van der Waals surface area contributed by atoms with Crippen LogP contribution in [0.2, 0.25) is 0 Å². The van der Waals surface area contributed by atoms with Gasteiger partial charge < -0.3 is 10.2 Å². The van der Waals surface area contributed by atoms with E-state index in [-0.39, 0.29) is 11.6 Å². The zero-order chi connectivity index (χ0) is 14.8. The van der Waals surface area contributed by atoms with Crippen LogP contribution >= 0.6 is 15.9 Å². The van der Waals surface area contributed by atoms with Crippen molar-refractivity contribution in [3.05, 3.63) is 28.2 Å². The van der Waals surface area contributed by atoms with Gasteiger partial charge in [0.25, 0.3) is 0 Å². The number of alkyl halides is 3. The van der Waals surface area contributed by atoms with Crippen molar-refractivity contribution in [1.29, 1.82) is 0 Å². The van der Waals surface area contributed by atoms with Crippen LogP contribution in [0.1, 0.15) is 12.5 Å². The summed E-state index contributed by atoms with van der Waals surface area (Å²) in [7, 11) is 3.10. The number of benzene rings is 1. The molecule has 1 atom stereocenters. The van der Waals surface area contributed by atoms with Crippen LogP contribution in [0.3, 0.4) is 0 Å². The molecule has 0 saturated heterocycles. The lowest BCUT2D eigenvalue weighted by atomic mass is 10.1. The maximum atomic E-state index is 12.8. The van der Waals surface area contributed by atoms with Gasteiger partial charge in [-0.15, -0.1) is 0 Å². The number of rotatable bonds is 3. The van der Waals surface area contributed by atoms with Crippen molar-refractivity contribution in [3.8, 4) is 0 Å². The Labute approximate surface area is 117 Å². The molecule has 0 aliphatic carbocycles. The monoisotopic (exact) mass is 338 g/mol. The molecule has 0 heterocycles. The van der Waals surface area contributed by atoms with Crippen LogP contribution in [-0.2, 0) is 11.0 Å². The number of carbonyl (C=O) groups excluding carboxylic acids is 1. The van der Waals surface area contributed by atoms with Gasteiger partial charge in [-0.3, -0.25) is 4.79 Å². The van der Waals surface area contributed by atoms with Crippen molar-refractivity contribution in [2.75, 3.05) is 19.4 Å². The third-order valence-corrected chi connectivity index (χ3v) is 2.96. The van der Waals surface area contributed by atoms with Crippen LogP contribution in [0.15, 0.2) is 22.7 Å². The molecule has 0 aromatic heterocycles. The maximum absolute atomic E-state index is 12.8. The molecule has 0 bridgehead atoms. The SMILES string of the molecule is CC(Nc1cc(Br)ccc1C(F)(F)F)C(=O)N(C)C. The summed E-state index contributed by atoms with van der Waals surface area (Å²) in [6, 6.07) is 2.85. The van der Waals surface area contributed by atoms with Crippen LogP contribution in [-0.4, -0.2) is 30.9 Å². The van der Waals surface area contributed by atoms with E-state index in [2.05, 4.69) is 21.2 Å². The summed E-state index contributed by atoms with van der Waals surface area (Å²) in [5, 5.41) is 2.60. The number of halogens is 4. The van der Waals surface area contributed by atoms with Crippen LogP contribution in [0.5, 0.6) is 0 Å². The first-order chi connectivity index (χ1) is 8.62. The Hall–Kier alpha value is -1.24. The van der Waals surface area contributed by atoms with Gasteiger partial charge >= 0.3 is 6.18 Å². The molecule has 7 heteroatoms. The number of nitrogens with one attached hydrogen (secondary N) is 1. The van der Waals surface area contributed by atoms with Crippen molar-refractivity contribution in [2.24, 2.45) is 0 Å². The molecule has 1 aromatic rings. The number of hydrogen-bond acceptors (Lipinski definition) is 2. The van der Waals surface area contributed by atoms with E-state index < -0.39 is 17.8 Å². The number of amides is 1. The molecule has 1 amide bonds. The number of nitrogens with zero attached hydrogens (tertiary/aromatic N) is 1. The first-order valence-electron chi connectivity index (χ1n) is 5.47. The number of carbonyl (C=O) groups is 1. The van der Waals surface area contributed by atoms with E-state index in [0.717, 1.165) is 6.07 Å². The van der Waals surface area contributed by atoms with Gasteiger partial charge in [-0.2, -0.15) is 13.2 Å². The molecule has 1 aromatic carbocycles. The van der Waals surface area contributed by atoms with Crippen molar-refractivity contribution in [1.82, 2.24) is 4.90 Å². The number of anilines is 1. The fourth-order valence-electron chi connectivity index (χ4n) is 1.57. The Morgan fingerprint density at radius 3 is 2.42 bits per heavy atom. The molecule has 0 aliphatic heterocycles. The highest BCUT2D eigenvalue weighted by molar-refractivity contribution is 9.10. The standard InChI is InChI=1S/C12H14BrF3N2O/c1-7(11(19)18(2)3)17-10-6-8(13)4-5-9(10)12(14,15)16/h4-7,17H,1-3H3. The largest absolute Gasteiger partial charge is 0.418 e. The third kappa shape index (κ3) is 4.12. The number of likely N-dealkylation sites (N-methyl/N-ethyl adjacent to an activating group) is 1. The Bertz CT molecular complexity index is 475. The average Bonchev–Trinajstić information content (AvgIpc) is 2.26. The predicted octanol–water partition coefficient (Wildman–Crippen LogP) is 3.36. The quantitative estimate of drug-likeness (QED) is 0.916. The summed E-state index contributed by atoms with van der Waals surface area (Å²) in [5.41, 5.74) is -0.918. The summed E-state index contributed by atoms with van der Waals surface area (Å²) in [4.78, 5) is 13.0. The lowest BCUT2D eigenvalue weighted by Gasteiger charge is -2.21. The highest BCUT2D eigenvalue weighted by Gasteiger charge is 2.34. The van der Waals surface area contributed by atoms with E-state index >= 15 is 0 Å². The molecule has 1 unspecified atom stereocenters. The lowest BCUT2D eigenvalue weighted by Crippen LogP contribution is -2.37. The zero-order valence-corrected chi connectivity index (χ0v) is 12.3. The van der Waals surface area contributed by atoms with Crippen LogP contribution in [0.25, 0.3) is 0 Å². The van der Waals surface area contributed by atoms with E-state index in [1.807, 2.05) is 0 Å². The second-order valence-electron chi connectivity index (χ2n) is 4.29. The Balaban J connectivity index is 3.06. The summed E-state index contributed by atoms with van der Waals surface area (Å²) < 4.78 is 39.0. The lowest BCUT2D eigenvalue weighted by molar-refractivity contribution is -0.137. The summed E-state index contributed by atoms with van der Waals surface area (Å²) in [6.07, 6.45) is -4.47. The van der Waals surface area contributed by atoms with Crippen molar-refractivity contribution < 1.29 is 18.0 Å². The van der Waals surface area contributed by atoms with Gasteiger partial charge in [0.05, 0.1) is 5.56 Å². The van der Waals surface area contributed by atoms with E-state index in [9.17, 15) is 18.0 Å². The fourth-order valence-corrected chi connectivity index (χ4v) is 1.93. The molecular weight excluding hydrogens is 325 g/mol. The molecule has 106 valence electrons. The van der Waals surface area contributed by atoms with Gasteiger partial charge in [-0.1, -0.05) is 15.9 Å². The molecule has 0 radical (unpaired) electrons. The fraction of sp³-hybridized carbons (Fsp3) is 0.417. The van der Waals surface area contributed by atoms with Gasteiger partial charge in [0.2, 0.25) is 5.91 Å². The van der Waals surface area contributed by atoms with E-state index in [4.69, 9.17) is 0 Å². The molecule has 0 aliphatic rings. The molecule has 3 nitrogen and oxygen atoms in total. The molecule has 0 saturated carbocycles. The summed E-state index contributed by atoms with van der Waals surface area (Å²) >= 11 is 3.12. The highest BCUT2D eigenvalue weighted by Crippen LogP contribution is 2.36. The minimum absolute atomic E-state index is 0.121. The van der Waals surface area contributed by atoms with Crippen LogP contribution in [0.4, 0.5) is 18.9 Å². The Morgan fingerprint density at radius 1 is 1.37 bits per heavy atom. The molecular formula is C12H14BrF3N2O. The van der Waals surface area contributed by atoms with Gasteiger partial charge in [0.1, 0.15) is 6.04 Å². The first kappa shape index (κ1) is 15.8. The Morgan fingerprint density at radius 2 is 1.95 bits per heavy atom. The van der Waals surface area contributed by atoms with Crippen LogP contribution < -0.4 is 5.32 Å². The minimum Gasteiger partial charge on any atom is -0.373 e. The first-order valence-corrected chi connectivity index (χ1v) is 6.26. The molecule has 0 spiro atoms. The van der Waals surface area contributed by atoms with E-state index in [0.29, 0.717) is 4.47 Å². The van der Waals surface area contributed by atoms with E-state index in [1.54, 1.807) is 14.1 Å². The van der Waals surface area contributed by atoms with Crippen molar-refractivity contribution in [2.45, 2.75) is 19.1 Å². The predicted molar refractivity (Wildman–Crippen MR) is 70.9 cm³/mol. The van der Waals surface area contributed by atoms with Gasteiger partial charge in [-0.05, 0) is 25.1 Å². The minimum atomic E-state index is -4.47. The van der Waals surface area contributed by atoms with Crippen molar-refractivity contribution >= 4 is 27.5 Å². The second-order valence-corrected chi connectivity index (χ2v) is 5.20. The Kier molecular flexibility index (Phi) is 4.84. The van der Waals surface area contributed by atoms with E-state index in [1.165, 1.54) is 24.0 Å². The molecule has 1 N–H and O–H groups in total. The molecule has 1 rings (SSSR count). The van der Waals surface area contributed by atoms with Gasteiger partial charge in [0, 0.05) is 24.3 Å². The summed E-state index contributed by atoms with van der Waals surface area (Å²) in [6.45, 7) is 1.52. The highest BCUT2D eigenvalue weighted by atomic mass is 79.9. The van der Waals surface area contributed by atoms with Crippen LogP contribution in [0, 0.1) is 0 Å². The van der Waals surface area contributed by atoms with Crippen molar-refractivity contribution in [3.63, 3.8) is 0 Å². The van der Waals surface area contributed by atoms with Gasteiger partial charge in [0.15, 0.2) is 0 Å². The number of hydrogen-bond donors (Lipinski definition) is 1. The summed E-state index contributed by atoms with van der Waals surface area (Å²) in [5.74, 6) is -0.298.